The molecule has 1 aromatic carbocycles. The number of aryl methyl sites for hydroxylation is 1. The Morgan fingerprint density at radius 1 is 1.23 bits per heavy atom. The third-order valence-electron chi connectivity index (χ3n) is 3.88. The fourth-order valence-corrected chi connectivity index (χ4v) is 3.38. The number of sulfonamides is 1. The Labute approximate surface area is 131 Å². The van der Waals surface area contributed by atoms with Crippen molar-refractivity contribution in [2.24, 2.45) is 0 Å². The highest BCUT2D eigenvalue weighted by Crippen LogP contribution is 2.14. The lowest BCUT2D eigenvalue weighted by atomic mass is 10.1. The molecule has 6 nitrogen and oxygen atoms in total. The number of nitrogens with zero attached hydrogens (tertiary/aromatic N) is 1. The molecule has 2 rings (SSSR count). The summed E-state index contributed by atoms with van der Waals surface area (Å²) in [6.45, 7) is 2.99. The fourth-order valence-electron chi connectivity index (χ4n) is 2.51. The molecular weight excluding hydrogens is 302 g/mol. The van der Waals surface area contributed by atoms with Crippen molar-refractivity contribution >= 4 is 21.7 Å². The van der Waals surface area contributed by atoms with Crippen molar-refractivity contribution < 1.29 is 13.2 Å². The summed E-state index contributed by atoms with van der Waals surface area (Å²) in [6.07, 6.45) is 3.45. The van der Waals surface area contributed by atoms with Crippen molar-refractivity contribution in [3.63, 3.8) is 0 Å². The average Bonchev–Trinajstić information content (AvgIpc) is 2.47. The summed E-state index contributed by atoms with van der Waals surface area (Å²) in [7, 11) is -3.13. The van der Waals surface area contributed by atoms with E-state index < -0.39 is 10.0 Å². The number of amides is 2. The summed E-state index contributed by atoms with van der Waals surface area (Å²) in [4.78, 5) is 12.0. The summed E-state index contributed by atoms with van der Waals surface area (Å²) in [5.74, 6) is 0. The van der Waals surface area contributed by atoms with Gasteiger partial charge in [0.25, 0.3) is 0 Å². The molecule has 22 heavy (non-hydrogen) atoms. The zero-order valence-corrected chi connectivity index (χ0v) is 13.8. The van der Waals surface area contributed by atoms with Gasteiger partial charge in [-0.2, -0.15) is 0 Å². The van der Waals surface area contributed by atoms with Crippen LogP contribution in [0.15, 0.2) is 24.3 Å². The van der Waals surface area contributed by atoms with Crippen molar-refractivity contribution in [2.75, 3.05) is 24.7 Å². The number of anilines is 1. The molecule has 0 radical (unpaired) electrons. The van der Waals surface area contributed by atoms with Gasteiger partial charge in [0, 0.05) is 24.8 Å². The highest BCUT2D eigenvalue weighted by Gasteiger charge is 2.25. The normalized spacial score (nSPS) is 17.2. The number of nitrogens with one attached hydrogen (secondary N) is 2. The van der Waals surface area contributed by atoms with Gasteiger partial charge in [-0.3, -0.25) is 0 Å². The van der Waals surface area contributed by atoms with Crippen LogP contribution in [0.4, 0.5) is 10.5 Å². The van der Waals surface area contributed by atoms with Crippen LogP contribution in [-0.4, -0.2) is 44.1 Å². The topological polar surface area (TPSA) is 78.5 Å². The fraction of sp³-hybridized carbons (Fsp3) is 0.533. The molecule has 2 N–H and O–H groups in total. The van der Waals surface area contributed by atoms with Crippen molar-refractivity contribution in [3.8, 4) is 0 Å². The third kappa shape index (κ3) is 4.71. The van der Waals surface area contributed by atoms with Crippen molar-refractivity contribution in [2.45, 2.75) is 32.2 Å². The maximum Gasteiger partial charge on any atom is 0.319 e. The van der Waals surface area contributed by atoms with Crippen LogP contribution in [0.5, 0.6) is 0 Å². The van der Waals surface area contributed by atoms with E-state index in [0.29, 0.717) is 25.9 Å². The van der Waals surface area contributed by atoms with E-state index in [-0.39, 0.29) is 12.1 Å². The summed E-state index contributed by atoms with van der Waals surface area (Å²) in [6, 6.07) is 7.49. The number of carbonyl (C=O) groups is 1. The second-order valence-corrected chi connectivity index (χ2v) is 7.57. The molecule has 0 aromatic heterocycles. The van der Waals surface area contributed by atoms with E-state index in [9.17, 15) is 13.2 Å². The van der Waals surface area contributed by atoms with Crippen LogP contribution < -0.4 is 10.6 Å². The molecule has 1 saturated heterocycles. The SMILES string of the molecule is CCc1ccc(NC(=O)NC2CCN(S(C)(=O)=O)CC2)cc1. The molecule has 1 fully saturated rings. The molecule has 2 amide bonds. The van der Waals surface area contributed by atoms with E-state index in [2.05, 4.69) is 17.6 Å². The highest BCUT2D eigenvalue weighted by atomic mass is 32.2. The van der Waals surface area contributed by atoms with Crippen LogP contribution >= 0.6 is 0 Å². The quantitative estimate of drug-likeness (QED) is 0.886. The first-order chi connectivity index (χ1) is 10.4. The Balaban J connectivity index is 1.80. The molecule has 0 spiro atoms. The minimum absolute atomic E-state index is 0.00733. The van der Waals surface area contributed by atoms with Gasteiger partial charge in [-0.15, -0.1) is 0 Å². The lowest BCUT2D eigenvalue weighted by Crippen LogP contribution is -2.47. The van der Waals surface area contributed by atoms with Crippen LogP contribution in [0.2, 0.25) is 0 Å². The second kappa shape index (κ2) is 7.11. The lowest BCUT2D eigenvalue weighted by Gasteiger charge is -2.30. The Bertz CT molecular complexity index is 605. The van der Waals surface area contributed by atoms with Crippen molar-refractivity contribution in [1.29, 1.82) is 0 Å². The molecule has 7 heteroatoms. The largest absolute Gasteiger partial charge is 0.335 e. The molecule has 1 heterocycles. The Kier molecular flexibility index (Phi) is 5.42. The van der Waals surface area contributed by atoms with Crippen LogP contribution in [0, 0.1) is 0 Å². The minimum Gasteiger partial charge on any atom is -0.335 e. The molecule has 1 aromatic rings. The molecule has 122 valence electrons. The van der Waals surface area contributed by atoms with Gasteiger partial charge >= 0.3 is 6.03 Å². The van der Waals surface area contributed by atoms with E-state index in [0.717, 1.165) is 12.1 Å². The average molecular weight is 325 g/mol. The number of urea groups is 1. The number of benzene rings is 1. The summed E-state index contributed by atoms with van der Waals surface area (Å²) in [5, 5.41) is 5.70. The number of hydrogen-bond acceptors (Lipinski definition) is 3. The minimum atomic E-state index is -3.13. The second-order valence-electron chi connectivity index (χ2n) is 5.59. The van der Waals surface area contributed by atoms with Gasteiger partial charge in [0.1, 0.15) is 0 Å². The van der Waals surface area contributed by atoms with Crippen molar-refractivity contribution in [1.82, 2.24) is 9.62 Å². The predicted octanol–water partition coefficient (Wildman–Crippen LogP) is 1.79. The first-order valence-electron chi connectivity index (χ1n) is 7.50. The number of rotatable bonds is 4. The van der Waals surface area contributed by atoms with E-state index >= 15 is 0 Å². The third-order valence-corrected chi connectivity index (χ3v) is 5.18. The molecule has 0 atom stereocenters. The Hall–Kier alpha value is -1.60. The standard InChI is InChI=1S/C15H23N3O3S/c1-3-12-4-6-13(7-5-12)16-15(19)17-14-8-10-18(11-9-14)22(2,20)21/h4-7,14H,3,8-11H2,1-2H3,(H2,16,17,19). The molecule has 0 aliphatic carbocycles. The van der Waals surface area contributed by atoms with Crippen molar-refractivity contribution in [3.05, 3.63) is 29.8 Å². The van der Waals surface area contributed by atoms with E-state index in [1.165, 1.54) is 16.1 Å². The zero-order chi connectivity index (χ0) is 16.2. The summed E-state index contributed by atoms with van der Waals surface area (Å²) in [5.41, 5.74) is 1.97. The van der Waals surface area contributed by atoms with Gasteiger partial charge in [0.2, 0.25) is 10.0 Å². The number of piperidine rings is 1. The van der Waals surface area contributed by atoms with Gasteiger partial charge < -0.3 is 10.6 Å². The maximum absolute atomic E-state index is 12.0. The number of carbonyl (C=O) groups excluding carboxylic acids is 1. The first-order valence-corrected chi connectivity index (χ1v) is 9.35. The first kappa shape index (κ1) is 16.8. The Morgan fingerprint density at radius 3 is 2.32 bits per heavy atom. The summed E-state index contributed by atoms with van der Waals surface area (Å²) < 4.78 is 24.3. The monoisotopic (exact) mass is 325 g/mol. The van der Waals surface area contributed by atoms with Gasteiger partial charge in [0.15, 0.2) is 0 Å². The van der Waals surface area contributed by atoms with Crippen LogP contribution in [0.25, 0.3) is 0 Å². The van der Waals surface area contributed by atoms with E-state index in [4.69, 9.17) is 0 Å². The zero-order valence-electron chi connectivity index (χ0n) is 13.0. The maximum atomic E-state index is 12.0. The van der Waals surface area contributed by atoms with Crippen LogP contribution in [-0.2, 0) is 16.4 Å². The van der Waals surface area contributed by atoms with Gasteiger partial charge in [-0.25, -0.2) is 17.5 Å². The van der Waals surface area contributed by atoms with Gasteiger partial charge in [-0.1, -0.05) is 19.1 Å². The molecule has 0 unspecified atom stereocenters. The number of hydrogen-bond donors (Lipinski definition) is 2. The Morgan fingerprint density at radius 2 is 1.82 bits per heavy atom. The van der Waals surface area contributed by atoms with E-state index in [1.807, 2.05) is 24.3 Å². The summed E-state index contributed by atoms with van der Waals surface area (Å²) >= 11 is 0. The smallest absolute Gasteiger partial charge is 0.319 e. The van der Waals surface area contributed by atoms with Gasteiger partial charge in [0.05, 0.1) is 6.26 Å². The van der Waals surface area contributed by atoms with Crippen LogP contribution in [0.3, 0.4) is 0 Å². The molecular formula is C15H23N3O3S. The predicted molar refractivity (Wildman–Crippen MR) is 87.4 cm³/mol. The van der Waals surface area contributed by atoms with Crippen LogP contribution in [0.1, 0.15) is 25.3 Å². The molecule has 1 aliphatic rings. The lowest BCUT2D eigenvalue weighted by molar-refractivity contribution is 0.238. The molecule has 0 bridgehead atoms. The molecule has 0 saturated carbocycles. The van der Waals surface area contributed by atoms with Gasteiger partial charge in [-0.05, 0) is 37.0 Å². The molecule has 1 aliphatic heterocycles. The highest BCUT2D eigenvalue weighted by molar-refractivity contribution is 7.88. The van der Waals surface area contributed by atoms with E-state index in [1.54, 1.807) is 0 Å².